The van der Waals surface area contributed by atoms with Gasteiger partial charge in [-0.3, -0.25) is 9.59 Å². The van der Waals surface area contributed by atoms with Crippen LogP contribution in [-0.4, -0.2) is 48.9 Å². The molecule has 2 amide bonds. The van der Waals surface area contributed by atoms with Crippen LogP contribution in [0.3, 0.4) is 0 Å². The van der Waals surface area contributed by atoms with E-state index < -0.39 is 11.3 Å². The van der Waals surface area contributed by atoms with E-state index in [4.69, 9.17) is 11.6 Å². The topological polar surface area (TPSA) is 89.3 Å². The number of rotatable bonds is 2. The number of aromatic nitrogens is 1. The quantitative estimate of drug-likeness (QED) is 0.842. The number of hydrogen-bond donors (Lipinski definition) is 1. The lowest BCUT2D eigenvalue weighted by Crippen LogP contribution is -2.42. The Hall–Kier alpha value is -3.11. The number of para-hydroxylation sites is 1. The molecule has 1 aromatic heterocycles. The van der Waals surface area contributed by atoms with Gasteiger partial charge in [-0.15, -0.1) is 0 Å². The largest absolute Gasteiger partial charge is 0.353 e. The van der Waals surface area contributed by atoms with Crippen LogP contribution in [0.25, 0.3) is 0 Å². The highest BCUT2D eigenvalue weighted by molar-refractivity contribution is 6.33. The minimum absolute atomic E-state index is 0.182. The second-order valence-corrected chi connectivity index (χ2v) is 7.67. The van der Waals surface area contributed by atoms with Crippen molar-refractivity contribution in [3.05, 3.63) is 52.7 Å². The predicted octanol–water partition coefficient (Wildman–Crippen LogP) is 2.29. The average molecular weight is 396 g/mol. The van der Waals surface area contributed by atoms with Crippen molar-refractivity contribution >= 4 is 34.9 Å². The van der Waals surface area contributed by atoms with Gasteiger partial charge in [-0.25, -0.2) is 4.98 Å². The molecule has 1 aromatic carbocycles. The molecule has 1 saturated heterocycles. The summed E-state index contributed by atoms with van der Waals surface area (Å²) in [6.45, 7) is 0.619. The lowest BCUT2D eigenvalue weighted by Gasteiger charge is -2.25. The van der Waals surface area contributed by atoms with Gasteiger partial charge < -0.3 is 15.1 Å². The number of anilines is 2. The Labute approximate surface area is 167 Å². The molecule has 2 aliphatic heterocycles. The summed E-state index contributed by atoms with van der Waals surface area (Å²) in [7, 11) is 3.31. The maximum Gasteiger partial charge on any atom is 0.254 e. The number of amides is 2. The molecule has 4 rings (SSSR count). The number of fused-ring (bicyclic) bond motifs is 2. The van der Waals surface area contributed by atoms with E-state index in [1.54, 1.807) is 20.2 Å². The lowest BCUT2D eigenvalue weighted by atomic mass is 9.74. The molecule has 2 unspecified atom stereocenters. The SMILES string of the molecule is CN(C)C(=O)c1cnc(N2CC(C#N)C3(C2)C(=O)Nc2ccccc23)c(Cl)c1. The molecule has 1 fully saturated rings. The molecule has 7 nitrogen and oxygen atoms in total. The number of carbonyl (C=O) groups excluding carboxylic acids is 2. The van der Waals surface area contributed by atoms with Gasteiger partial charge >= 0.3 is 0 Å². The van der Waals surface area contributed by atoms with E-state index in [-0.39, 0.29) is 11.8 Å². The summed E-state index contributed by atoms with van der Waals surface area (Å²) in [4.78, 5) is 32.7. The summed E-state index contributed by atoms with van der Waals surface area (Å²) >= 11 is 6.42. The first-order chi connectivity index (χ1) is 13.4. The van der Waals surface area contributed by atoms with Crippen LogP contribution < -0.4 is 10.2 Å². The Morgan fingerprint density at radius 1 is 1.43 bits per heavy atom. The Morgan fingerprint density at radius 3 is 2.86 bits per heavy atom. The van der Waals surface area contributed by atoms with Crippen LogP contribution in [-0.2, 0) is 10.2 Å². The number of hydrogen-bond acceptors (Lipinski definition) is 5. The van der Waals surface area contributed by atoms with Gasteiger partial charge in [0.1, 0.15) is 11.2 Å². The van der Waals surface area contributed by atoms with E-state index in [1.165, 1.54) is 11.1 Å². The third-order valence-electron chi connectivity index (χ3n) is 5.43. The van der Waals surface area contributed by atoms with Gasteiger partial charge in [-0.05, 0) is 17.7 Å². The van der Waals surface area contributed by atoms with E-state index in [1.807, 2.05) is 29.2 Å². The van der Waals surface area contributed by atoms with Gasteiger partial charge in [0.2, 0.25) is 5.91 Å². The van der Waals surface area contributed by atoms with Crippen LogP contribution >= 0.6 is 11.6 Å². The second kappa shape index (κ2) is 6.50. The molecule has 1 N–H and O–H groups in total. The van der Waals surface area contributed by atoms with Crippen LogP contribution in [0.1, 0.15) is 15.9 Å². The molecule has 0 saturated carbocycles. The van der Waals surface area contributed by atoms with Crippen molar-refractivity contribution in [2.75, 3.05) is 37.4 Å². The Balaban J connectivity index is 1.72. The number of benzene rings is 1. The first-order valence-electron chi connectivity index (χ1n) is 8.81. The summed E-state index contributed by atoms with van der Waals surface area (Å²) in [6.07, 6.45) is 1.47. The van der Waals surface area contributed by atoms with E-state index in [0.29, 0.717) is 29.5 Å². The molecule has 2 aliphatic rings. The van der Waals surface area contributed by atoms with Gasteiger partial charge in [0, 0.05) is 39.1 Å². The standard InChI is InChI=1S/C20H18ClN5O2/c1-25(2)18(27)12-7-15(21)17(23-9-12)26-10-13(8-22)20(11-26)14-5-3-4-6-16(14)24-19(20)28/h3-7,9,13H,10-11H2,1-2H3,(H,24,28). The van der Waals surface area contributed by atoms with Crippen molar-refractivity contribution < 1.29 is 9.59 Å². The van der Waals surface area contributed by atoms with Crippen molar-refractivity contribution in [3.63, 3.8) is 0 Å². The zero-order valence-electron chi connectivity index (χ0n) is 15.4. The highest BCUT2D eigenvalue weighted by Gasteiger charge is 2.58. The fourth-order valence-corrected chi connectivity index (χ4v) is 4.33. The van der Waals surface area contributed by atoms with Crippen molar-refractivity contribution in [1.29, 1.82) is 5.26 Å². The molecule has 2 atom stereocenters. The summed E-state index contributed by atoms with van der Waals surface area (Å²) in [5.41, 5.74) is 0.979. The van der Waals surface area contributed by atoms with Crippen molar-refractivity contribution in [1.82, 2.24) is 9.88 Å². The van der Waals surface area contributed by atoms with Crippen molar-refractivity contribution in [2.45, 2.75) is 5.41 Å². The zero-order chi connectivity index (χ0) is 20.1. The third-order valence-corrected chi connectivity index (χ3v) is 5.71. The van der Waals surface area contributed by atoms with E-state index in [9.17, 15) is 14.9 Å². The fraction of sp³-hybridized carbons (Fsp3) is 0.300. The fourth-order valence-electron chi connectivity index (χ4n) is 4.04. The van der Waals surface area contributed by atoms with Crippen LogP contribution in [0.2, 0.25) is 5.02 Å². The predicted molar refractivity (Wildman–Crippen MR) is 105 cm³/mol. The van der Waals surface area contributed by atoms with Crippen LogP contribution in [0.5, 0.6) is 0 Å². The minimum Gasteiger partial charge on any atom is -0.353 e. The van der Waals surface area contributed by atoms with Gasteiger partial charge in [0.25, 0.3) is 5.91 Å². The number of nitriles is 1. The third kappa shape index (κ3) is 2.53. The van der Waals surface area contributed by atoms with Crippen LogP contribution in [0, 0.1) is 17.2 Å². The number of nitrogens with one attached hydrogen (secondary N) is 1. The van der Waals surface area contributed by atoms with Crippen LogP contribution in [0.15, 0.2) is 36.5 Å². The molecule has 8 heteroatoms. The molecule has 0 bridgehead atoms. The van der Waals surface area contributed by atoms with Gasteiger partial charge in [0.05, 0.1) is 22.6 Å². The molecule has 0 radical (unpaired) electrons. The molecule has 3 heterocycles. The Kier molecular flexibility index (Phi) is 4.24. The normalized spacial score (nSPS) is 22.7. The number of pyridine rings is 1. The number of carbonyl (C=O) groups is 2. The van der Waals surface area contributed by atoms with Gasteiger partial charge in [-0.1, -0.05) is 29.8 Å². The lowest BCUT2D eigenvalue weighted by molar-refractivity contribution is -0.120. The molecule has 2 aromatic rings. The Morgan fingerprint density at radius 2 is 2.18 bits per heavy atom. The summed E-state index contributed by atoms with van der Waals surface area (Å²) in [5, 5.41) is 13.0. The first kappa shape index (κ1) is 18.3. The monoisotopic (exact) mass is 395 g/mol. The van der Waals surface area contributed by atoms with E-state index in [2.05, 4.69) is 16.4 Å². The molecule has 1 spiro atoms. The Bertz CT molecular complexity index is 1030. The summed E-state index contributed by atoms with van der Waals surface area (Å²) in [5.74, 6) is -0.459. The van der Waals surface area contributed by atoms with Gasteiger partial charge in [-0.2, -0.15) is 5.26 Å². The second-order valence-electron chi connectivity index (χ2n) is 7.26. The zero-order valence-corrected chi connectivity index (χ0v) is 16.2. The highest BCUT2D eigenvalue weighted by atomic mass is 35.5. The number of nitrogens with zero attached hydrogens (tertiary/aromatic N) is 4. The smallest absolute Gasteiger partial charge is 0.254 e. The van der Waals surface area contributed by atoms with Crippen LogP contribution in [0.4, 0.5) is 11.5 Å². The first-order valence-corrected chi connectivity index (χ1v) is 9.19. The summed E-state index contributed by atoms with van der Waals surface area (Å²) < 4.78 is 0. The number of halogens is 1. The average Bonchev–Trinajstić information content (AvgIpc) is 3.20. The highest BCUT2D eigenvalue weighted by Crippen LogP contribution is 2.48. The molecular weight excluding hydrogens is 378 g/mol. The molecular formula is C20H18ClN5O2. The van der Waals surface area contributed by atoms with Crippen molar-refractivity contribution in [3.8, 4) is 6.07 Å². The molecule has 28 heavy (non-hydrogen) atoms. The maximum atomic E-state index is 12.9. The van der Waals surface area contributed by atoms with E-state index >= 15 is 0 Å². The van der Waals surface area contributed by atoms with Gasteiger partial charge in [0.15, 0.2) is 0 Å². The molecule has 142 valence electrons. The van der Waals surface area contributed by atoms with E-state index in [0.717, 1.165) is 11.3 Å². The van der Waals surface area contributed by atoms with Crippen molar-refractivity contribution in [2.24, 2.45) is 5.92 Å². The minimum atomic E-state index is -0.964. The molecule has 0 aliphatic carbocycles. The summed E-state index contributed by atoms with van der Waals surface area (Å²) in [6, 6.07) is 11.3. The maximum absolute atomic E-state index is 12.9.